The highest BCUT2D eigenvalue weighted by atomic mass is 32.2. The number of nitrogens with one attached hydrogen (secondary N) is 1. The monoisotopic (exact) mass is 314 g/mol. The standard InChI is InChI=1S/C13H13F3N4S/c1-2-21-12-19-10(17)7-11(20-12)18-9-5-3-4-8(6-9)13(14,15)16/h3-7H,2H2,1H3,(H3,17,18,19,20). The van der Waals surface area contributed by atoms with E-state index in [0.29, 0.717) is 11.0 Å². The van der Waals surface area contributed by atoms with Gasteiger partial charge in [0.25, 0.3) is 0 Å². The lowest BCUT2D eigenvalue weighted by Crippen LogP contribution is -2.06. The van der Waals surface area contributed by atoms with Crippen molar-refractivity contribution in [3.05, 3.63) is 35.9 Å². The second-order valence-electron chi connectivity index (χ2n) is 4.10. The minimum absolute atomic E-state index is 0.260. The number of halogens is 3. The van der Waals surface area contributed by atoms with Gasteiger partial charge in [0.05, 0.1) is 5.56 Å². The number of benzene rings is 1. The van der Waals surface area contributed by atoms with Gasteiger partial charge in [0.15, 0.2) is 5.16 Å². The van der Waals surface area contributed by atoms with Crippen LogP contribution in [0.3, 0.4) is 0 Å². The Balaban J connectivity index is 2.26. The molecule has 0 unspecified atom stereocenters. The van der Waals surface area contributed by atoms with Gasteiger partial charge in [0, 0.05) is 11.8 Å². The van der Waals surface area contributed by atoms with Crippen LogP contribution in [0.25, 0.3) is 0 Å². The molecule has 0 aliphatic carbocycles. The van der Waals surface area contributed by atoms with Crippen LogP contribution in [0, 0.1) is 0 Å². The van der Waals surface area contributed by atoms with Gasteiger partial charge in [-0.1, -0.05) is 24.8 Å². The highest BCUT2D eigenvalue weighted by Gasteiger charge is 2.30. The van der Waals surface area contributed by atoms with Crippen molar-refractivity contribution in [1.82, 2.24) is 9.97 Å². The summed E-state index contributed by atoms with van der Waals surface area (Å²) in [6.07, 6.45) is -4.38. The zero-order valence-electron chi connectivity index (χ0n) is 11.1. The van der Waals surface area contributed by atoms with E-state index in [1.165, 1.54) is 30.0 Å². The molecule has 2 rings (SSSR count). The fourth-order valence-electron chi connectivity index (χ4n) is 1.62. The van der Waals surface area contributed by atoms with Gasteiger partial charge < -0.3 is 11.1 Å². The van der Waals surface area contributed by atoms with E-state index in [1.54, 1.807) is 0 Å². The Kier molecular flexibility index (Phi) is 4.56. The summed E-state index contributed by atoms with van der Waals surface area (Å²) in [6, 6.07) is 6.36. The first-order valence-corrected chi connectivity index (χ1v) is 7.08. The van der Waals surface area contributed by atoms with Crippen molar-refractivity contribution < 1.29 is 13.2 Å². The summed E-state index contributed by atoms with van der Waals surface area (Å²) in [5, 5.41) is 3.29. The molecule has 8 heteroatoms. The first-order valence-electron chi connectivity index (χ1n) is 6.10. The van der Waals surface area contributed by atoms with Crippen molar-refractivity contribution in [3.8, 4) is 0 Å². The molecule has 21 heavy (non-hydrogen) atoms. The Morgan fingerprint density at radius 1 is 1.24 bits per heavy atom. The van der Waals surface area contributed by atoms with Crippen LogP contribution in [0.4, 0.5) is 30.5 Å². The van der Waals surface area contributed by atoms with Gasteiger partial charge in [-0.05, 0) is 24.0 Å². The lowest BCUT2D eigenvalue weighted by molar-refractivity contribution is -0.137. The molecule has 0 aliphatic rings. The number of nitrogens with two attached hydrogens (primary N) is 1. The van der Waals surface area contributed by atoms with E-state index in [0.717, 1.165) is 17.9 Å². The van der Waals surface area contributed by atoms with Crippen molar-refractivity contribution in [2.45, 2.75) is 18.3 Å². The molecule has 0 fully saturated rings. The first kappa shape index (κ1) is 15.4. The third kappa shape index (κ3) is 4.25. The molecule has 0 amide bonds. The second kappa shape index (κ2) is 6.21. The third-order valence-corrected chi connectivity index (χ3v) is 3.19. The molecule has 0 radical (unpaired) electrons. The normalized spacial score (nSPS) is 11.4. The first-order chi connectivity index (χ1) is 9.88. The summed E-state index contributed by atoms with van der Waals surface area (Å²) in [4.78, 5) is 8.22. The molecule has 0 saturated heterocycles. The third-order valence-electron chi connectivity index (χ3n) is 2.46. The number of anilines is 3. The van der Waals surface area contributed by atoms with Crippen LogP contribution < -0.4 is 11.1 Å². The topological polar surface area (TPSA) is 63.8 Å². The molecular weight excluding hydrogens is 301 g/mol. The van der Waals surface area contributed by atoms with Gasteiger partial charge in [-0.3, -0.25) is 0 Å². The minimum Gasteiger partial charge on any atom is -0.383 e. The van der Waals surface area contributed by atoms with Crippen molar-refractivity contribution in [3.63, 3.8) is 0 Å². The molecule has 1 aromatic heterocycles. The SMILES string of the molecule is CCSc1nc(N)cc(Nc2cccc(C(F)(F)F)c2)n1. The van der Waals surface area contributed by atoms with E-state index in [2.05, 4.69) is 15.3 Å². The highest BCUT2D eigenvalue weighted by molar-refractivity contribution is 7.99. The number of hydrogen-bond acceptors (Lipinski definition) is 5. The molecule has 0 saturated carbocycles. The van der Waals surface area contributed by atoms with Crippen LogP contribution in [0.5, 0.6) is 0 Å². The van der Waals surface area contributed by atoms with Gasteiger partial charge in [-0.25, -0.2) is 9.97 Å². The smallest absolute Gasteiger partial charge is 0.383 e. The zero-order valence-corrected chi connectivity index (χ0v) is 11.9. The molecule has 0 bridgehead atoms. The van der Waals surface area contributed by atoms with E-state index < -0.39 is 11.7 Å². The summed E-state index contributed by atoms with van der Waals surface area (Å²) in [5.41, 5.74) is 5.22. The number of thioether (sulfide) groups is 1. The van der Waals surface area contributed by atoms with E-state index in [9.17, 15) is 13.2 Å². The number of alkyl halides is 3. The second-order valence-corrected chi connectivity index (χ2v) is 5.33. The van der Waals surface area contributed by atoms with E-state index in [-0.39, 0.29) is 11.5 Å². The number of hydrogen-bond donors (Lipinski definition) is 2. The van der Waals surface area contributed by atoms with Crippen molar-refractivity contribution in [1.29, 1.82) is 0 Å². The van der Waals surface area contributed by atoms with Crippen molar-refractivity contribution in [2.75, 3.05) is 16.8 Å². The van der Waals surface area contributed by atoms with Crippen molar-refractivity contribution >= 4 is 29.1 Å². The molecule has 3 N–H and O–H groups in total. The molecule has 4 nitrogen and oxygen atoms in total. The summed E-state index contributed by atoms with van der Waals surface area (Å²) < 4.78 is 38.0. The average molecular weight is 314 g/mol. The summed E-state index contributed by atoms with van der Waals surface area (Å²) in [5.74, 6) is 1.39. The summed E-state index contributed by atoms with van der Waals surface area (Å²) >= 11 is 1.40. The predicted octanol–water partition coefficient (Wildman–Crippen LogP) is 3.93. The molecule has 1 aromatic carbocycles. The lowest BCUT2D eigenvalue weighted by Gasteiger charge is -2.11. The molecular formula is C13H13F3N4S. The van der Waals surface area contributed by atoms with Gasteiger partial charge in [0.2, 0.25) is 0 Å². The Hall–Kier alpha value is -1.96. The van der Waals surface area contributed by atoms with Crippen LogP contribution in [0.2, 0.25) is 0 Å². The Morgan fingerprint density at radius 2 is 2.00 bits per heavy atom. The highest BCUT2D eigenvalue weighted by Crippen LogP contribution is 2.31. The Labute approximate surface area is 124 Å². The predicted molar refractivity (Wildman–Crippen MR) is 77.6 cm³/mol. The zero-order chi connectivity index (χ0) is 15.5. The van der Waals surface area contributed by atoms with E-state index >= 15 is 0 Å². The Bertz CT molecular complexity index is 631. The maximum atomic E-state index is 12.7. The number of nitrogen functional groups attached to an aromatic ring is 1. The number of nitrogens with zero attached hydrogens (tertiary/aromatic N) is 2. The van der Waals surface area contributed by atoms with E-state index in [4.69, 9.17) is 5.73 Å². The number of rotatable bonds is 4. The molecule has 0 atom stereocenters. The molecule has 0 spiro atoms. The van der Waals surface area contributed by atoms with Crippen molar-refractivity contribution in [2.24, 2.45) is 0 Å². The van der Waals surface area contributed by atoms with Crippen LogP contribution in [0.1, 0.15) is 12.5 Å². The van der Waals surface area contributed by atoms with Crippen LogP contribution >= 0.6 is 11.8 Å². The van der Waals surface area contributed by atoms with Gasteiger partial charge in [-0.15, -0.1) is 0 Å². The number of aromatic nitrogens is 2. The summed E-state index contributed by atoms with van der Waals surface area (Å²) in [6.45, 7) is 1.94. The molecule has 2 aromatic rings. The summed E-state index contributed by atoms with van der Waals surface area (Å²) in [7, 11) is 0. The van der Waals surface area contributed by atoms with Crippen LogP contribution in [0.15, 0.2) is 35.5 Å². The van der Waals surface area contributed by atoms with Gasteiger partial charge in [-0.2, -0.15) is 13.2 Å². The lowest BCUT2D eigenvalue weighted by atomic mass is 10.2. The molecule has 1 heterocycles. The fourth-order valence-corrected chi connectivity index (χ4v) is 2.21. The largest absolute Gasteiger partial charge is 0.416 e. The van der Waals surface area contributed by atoms with Gasteiger partial charge in [0.1, 0.15) is 11.6 Å². The Morgan fingerprint density at radius 3 is 2.67 bits per heavy atom. The van der Waals surface area contributed by atoms with Gasteiger partial charge >= 0.3 is 6.18 Å². The molecule has 112 valence electrons. The van der Waals surface area contributed by atoms with Crippen LogP contribution in [-0.4, -0.2) is 15.7 Å². The maximum absolute atomic E-state index is 12.7. The molecule has 0 aliphatic heterocycles. The average Bonchev–Trinajstić information content (AvgIpc) is 2.37. The van der Waals surface area contributed by atoms with E-state index in [1.807, 2.05) is 6.92 Å². The quantitative estimate of drug-likeness (QED) is 0.661. The fraction of sp³-hybridized carbons (Fsp3) is 0.231. The van der Waals surface area contributed by atoms with Crippen LogP contribution in [-0.2, 0) is 6.18 Å². The minimum atomic E-state index is -4.38. The maximum Gasteiger partial charge on any atom is 0.416 e.